The fourth-order valence-corrected chi connectivity index (χ4v) is 3.33. The van der Waals surface area contributed by atoms with E-state index < -0.39 is 0 Å². The monoisotopic (exact) mass is 311 g/mol. The van der Waals surface area contributed by atoms with Crippen molar-refractivity contribution in [3.8, 4) is 0 Å². The van der Waals surface area contributed by atoms with E-state index in [1.54, 1.807) is 0 Å². The third-order valence-electron chi connectivity index (χ3n) is 4.07. The van der Waals surface area contributed by atoms with E-state index >= 15 is 0 Å². The molecule has 8 heteroatoms. The molecule has 1 aliphatic rings. The van der Waals surface area contributed by atoms with Gasteiger partial charge in [0.1, 0.15) is 0 Å². The van der Waals surface area contributed by atoms with Gasteiger partial charge in [-0.1, -0.05) is 6.42 Å². The smallest absolute Gasteiger partial charge is 0.243 e. The average Bonchev–Trinajstić information content (AvgIpc) is 2.47. The predicted octanol–water partition coefficient (Wildman–Crippen LogP) is 1.70. The molecule has 21 heavy (non-hydrogen) atoms. The number of hydrogen-bond acceptors (Lipinski definition) is 8. The van der Waals surface area contributed by atoms with Crippen LogP contribution in [-0.2, 0) is 0 Å². The molecule has 0 bridgehead atoms. The van der Waals surface area contributed by atoms with E-state index in [-0.39, 0.29) is 0 Å². The first-order valence-electron chi connectivity index (χ1n) is 7.43. The van der Waals surface area contributed by atoms with Gasteiger partial charge in [-0.05, 0) is 32.9 Å². The lowest BCUT2D eigenvalue weighted by atomic mass is 9.84. The van der Waals surface area contributed by atoms with E-state index in [0.29, 0.717) is 22.6 Å². The summed E-state index contributed by atoms with van der Waals surface area (Å²) in [6.45, 7) is 6.72. The molecule has 0 saturated heterocycles. The molecule has 0 aromatic carbocycles. The van der Waals surface area contributed by atoms with Gasteiger partial charge in [0.25, 0.3) is 0 Å². The van der Waals surface area contributed by atoms with Crippen molar-refractivity contribution in [3.05, 3.63) is 0 Å². The summed E-state index contributed by atoms with van der Waals surface area (Å²) in [6.07, 6.45) is 5.97. The van der Waals surface area contributed by atoms with E-state index in [2.05, 4.69) is 50.7 Å². The summed E-state index contributed by atoms with van der Waals surface area (Å²) in [5, 5.41) is 3.35. The molecule has 0 amide bonds. The Bertz CT molecular complexity index is 454. The molecule has 1 aromatic rings. The summed E-state index contributed by atoms with van der Waals surface area (Å²) in [7, 11) is 0. The van der Waals surface area contributed by atoms with Crippen molar-refractivity contribution in [2.45, 2.75) is 37.9 Å². The van der Waals surface area contributed by atoms with Crippen LogP contribution in [0.1, 0.15) is 33.1 Å². The van der Waals surface area contributed by atoms with Crippen LogP contribution in [0.2, 0.25) is 0 Å². The van der Waals surface area contributed by atoms with Crippen LogP contribution in [0.15, 0.2) is 0 Å². The maximum absolute atomic E-state index is 5.46. The van der Waals surface area contributed by atoms with Gasteiger partial charge in [0.05, 0.1) is 0 Å². The normalized spacial score (nSPS) is 16.2. The third kappa shape index (κ3) is 3.68. The predicted molar refractivity (Wildman–Crippen MR) is 89.8 cm³/mol. The lowest BCUT2D eigenvalue weighted by Gasteiger charge is -2.40. The molecule has 0 atom stereocenters. The standard InChI is InChI=1S/C13H25N7S/c1-4-20(5-2)12-17-10(16-11(18-12)19-14)15-9-13(21-3)7-6-8-13/h4-9,14H2,1-3H3,(H2,15,16,17,18,19). The zero-order valence-electron chi connectivity index (χ0n) is 13.0. The Kier molecular flexibility index (Phi) is 5.46. The van der Waals surface area contributed by atoms with Crippen molar-refractivity contribution in [2.75, 3.05) is 41.5 Å². The van der Waals surface area contributed by atoms with Gasteiger partial charge in [-0.2, -0.15) is 26.7 Å². The maximum Gasteiger partial charge on any atom is 0.243 e. The van der Waals surface area contributed by atoms with Gasteiger partial charge in [0, 0.05) is 24.4 Å². The molecule has 1 aromatic heterocycles. The second kappa shape index (κ2) is 7.13. The van der Waals surface area contributed by atoms with Crippen molar-refractivity contribution in [3.63, 3.8) is 0 Å². The molecule has 2 rings (SSSR count). The Morgan fingerprint density at radius 1 is 1.19 bits per heavy atom. The van der Waals surface area contributed by atoms with Crippen LogP contribution in [0.3, 0.4) is 0 Å². The van der Waals surface area contributed by atoms with Gasteiger partial charge in [0.2, 0.25) is 17.8 Å². The minimum absolute atomic E-state index is 0.332. The molecule has 1 fully saturated rings. The number of anilines is 3. The highest BCUT2D eigenvalue weighted by molar-refractivity contribution is 8.00. The lowest BCUT2D eigenvalue weighted by molar-refractivity contribution is 0.379. The molecule has 0 unspecified atom stereocenters. The van der Waals surface area contributed by atoms with Crippen molar-refractivity contribution >= 4 is 29.6 Å². The second-order valence-corrected chi connectivity index (χ2v) is 6.47. The molecule has 1 aliphatic carbocycles. The molecule has 4 N–H and O–H groups in total. The Balaban J connectivity index is 2.12. The molecule has 0 aliphatic heterocycles. The van der Waals surface area contributed by atoms with Crippen molar-refractivity contribution in [1.82, 2.24) is 15.0 Å². The van der Waals surface area contributed by atoms with Gasteiger partial charge in [-0.3, -0.25) is 5.43 Å². The third-order valence-corrected chi connectivity index (χ3v) is 5.48. The van der Waals surface area contributed by atoms with Crippen molar-refractivity contribution in [1.29, 1.82) is 0 Å². The van der Waals surface area contributed by atoms with Crippen LogP contribution in [0, 0.1) is 0 Å². The summed E-state index contributed by atoms with van der Waals surface area (Å²) in [5.41, 5.74) is 2.52. The van der Waals surface area contributed by atoms with E-state index in [1.165, 1.54) is 19.3 Å². The van der Waals surface area contributed by atoms with Crippen LogP contribution < -0.4 is 21.5 Å². The number of nitrogens with two attached hydrogens (primary N) is 1. The zero-order chi connectivity index (χ0) is 15.3. The molecular weight excluding hydrogens is 286 g/mol. The van der Waals surface area contributed by atoms with Crippen LogP contribution >= 0.6 is 11.8 Å². The van der Waals surface area contributed by atoms with Crippen LogP contribution in [0.25, 0.3) is 0 Å². The molecule has 0 radical (unpaired) electrons. The quantitative estimate of drug-likeness (QED) is 0.493. The molecule has 118 valence electrons. The molecule has 1 heterocycles. The van der Waals surface area contributed by atoms with Gasteiger partial charge in [-0.25, -0.2) is 5.84 Å². The first-order valence-corrected chi connectivity index (χ1v) is 8.65. The fourth-order valence-electron chi connectivity index (χ4n) is 2.42. The van der Waals surface area contributed by atoms with Crippen molar-refractivity contribution < 1.29 is 0 Å². The molecule has 0 spiro atoms. The topological polar surface area (TPSA) is 92.0 Å². The number of hydrazine groups is 1. The Morgan fingerprint density at radius 2 is 1.86 bits per heavy atom. The number of nitrogens with one attached hydrogen (secondary N) is 2. The fraction of sp³-hybridized carbons (Fsp3) is 0.769. The highest BCUT2D eigenvalue weighted by Crippen LogP contribution is 2.42. The minimum Gasteiger partial charge on any atom is -0.353 e. The van der Waals surface area contributed by atoms with E-state index in [1.807, 2.05) is 11.8 Å². The maximum atomic E-state index is 5.46. The summed E-state index contributed by atoms with van der Waals surface area (Å²) in [4.78, 5) is 15.2. The van der Waals surface area contributed by atoms with Crippen LogP contribution in [0.5, 0.6) is 0 Å². The number of hydrogen-bond donors (Lipinski definition) is 3. The van der Waals surface area contributed by atoms with Gasteiger partial charge < -0.3 is 10.2 Å². The zero-order valence-corrected chi connectivity index (χ0v) is 13.8. The first kappa shape index (κ1) is 16.1. The Hall–Kier alpha value is -1.28. The Labute approximate surface area is 130 Å². The molecule has 7 nitrogen and oxygen atoms in total. The Morgan fingerprint density at radius 3 is 2.33 bits per heavy atom. The largest absolute Gasteiger partial charge is 0.353 e. The summed E-state index contributed by atoms with van der Waals surface area (Å²) in [6, 6.07) is 0. The molecule has 1 saturated carbocycles. The van der Waals surface area contributed by atoms with E-state index in [4.69, 9.17) is 5.84 Å². The highest BCUT2D eigenvalue weighted by atomic mass is 32.2. The highest BCUT2D eigenvalue weighted by Gasteiger charge is 2.36. The van der Waals surface area contributed by atoms with Crippen LogP contribution in [-0.4, -0.2) is 45.6 Å². The number of rotatable bonds is 8. The summed E-state index contributed by atoms with van der Waals surface area (Å²) < 4.78 is 0.332. The summed E-state index contributed by atoms with van der Waals surface area (Å²) >= 11 is 1.92. The number of aromatic nitrogens is 3. The lowest BCUT2D eigenvalue weighted by Crippen LogP contribution is -2.40. The van der Waals surface area contributed by atoms with E-state index in [0.717, 1.165) is 19.6 Å². The average molecular weight is 311 g/mol. The number of nitrogen functional groups attached to an aromatic ring is 1. The van der Waals surface area contributed by atoms with Gasteiger partial charge in [0.15, 0.2) is 0 Å². The van der Waals surface area contributed by atoms with Gasteiger partial charge in [-0.15, -0.1) is 0 Å². The molecular formula is C13H25N7S. The van der Waals surface area contributed by atoms with Crippen LogP contribution in [0.4, 0.5) is 17.8 Å². The van der Waals surface area contributed by atoms with Gasteiger partial charge >= 0.3 is 0 Å². The SMILES string of the molecule is CCN(CC)c1nc(NN)nc(NCC2(SC)CCC2)n1. The van der Waals surface area contributed by atoms with Crippen molar-refractivity contribution in [2.24, 2.45) is 5.84 Å². The van der Waals surface area contributed by atoms with E-state index in [9.17, 15) is 0 Å². The second-order valence-electron chi connectivity index (χ2n) is 5.19. The first-order chi connectivity index (χ1) is 10.2. The minimum atomic E-state index is 0.332. The number of thioether (sulfide) groups is 1. The summed E-state index contributed by atoms with van der Waals surface area (Å²) in [5.74, 6) is 7.09. The number of nitrogens with zero attached hydrogens (tertiary/aromatic N) is 4.